The summed E-state index contributed by atoms with van der Waals surface area (Å²) >= 11 is 5.83. The molecule has 1 aromatic heterocycles. The van der Waals surface area contributed by atoms with Crippen LogP contribution in [0.2, 0.25) is 5.02 Å². The van der Waals surface area contributed by atoms with Gasteiger partial charge in [-0.05, 0) is 38.1 Å². The topological polar surface area (TPSA) is 93.5 Å². The molecular weight excluding hydrogens is 392 g/mol. The van der Waals surface area contributed by atoms with E-state index >= 15 is 0 Å². The van der Waals surface area contributed by atoms with Gasteiger partial charge in [0.05, 0.1) is 24.6 Å². The van der Waals surface area contributed by atoms with Gasteiger partial charge in [0.2, 0.25) is 15.9 Å². The van der Waals surface area contributed by atoms with Crippen LogP contribution in [-0.2, 0) is 26.1 Å². The SMILES string of the molecule is Cc1nn(CC(=O)Nc2ccc(Cl)cc2)c(C)c1S(=O)(=O)N1CCOCC1. The van der Waals surface area contributed by atoms with Crippen LogP contribution in [0, 0.1) is 13.8 Å². The van der Waals surface area contributed by atoms with E-state index in [1.165, 1.54) is 8.99 Å². The first-order chi connectivity index (χ1) is 12.8. The number of amides is 1. The van der Waals surface area contributed by atoms with E-state index in [4.69, 9.17) is 16.3 Å². The van der Waals surface area contributed by atoms with E-state index in [1.807, 2.05) is 0 Å². The molecule has 0 saturated carbocycles. The Balaban J connectivity index is 1.78. The molecule has 146 valence electrons. The second kappa shape index (κ2) is 7.97. The Kier molecular flexibility index (Phi) is 5.85. The fourth-order valence-electron chi connectivity index (χ4n) is 2.99. The fraction of sp³-hybridized carbons (Fsp3) is 0.412. The number of hydrogen-bond donors (Lipinski definition) is 1. The first kappa shape index (κ1) is 19.8. The summed E-state index contributed by atoms with van der Waals surface area (Å²) in [4.78, 5) is 12.5. The highest BCUT2D eigenvalue weighted by Gasteiger charge is 2.32. The van der Waals surface area contributed by atoms with Crippen LogP contribution in [0.15, 0.2) is 29.2 Å². The highest BCUT2D eigenvalue weighted by Crippen LogP contribution is 2.24. The van der Waals surface area contributed by atoms with Crippen LogP contribution in [0.25, 0.3) is 0 Å². The lowest BCUT2D eigenvalue weighted by Crippen LogP contribution is -2.41. The molecular formula is C17H21ClN4O4S. The smallest absolute Gasteiger partial charge is 0.246 e. The lowest BCUT2D eigenvalue weighted by molar-refractivity contribution is -0.116. The van der Waals surface area contributed by atoms with Crippen LogP contribution >= 0.6 is 11.6 Å². The summed E-state index contributed by atoms with van der Waals surface area (Å²) in [6.07, 6.45) is 0. The molecule has 0 aliphatic carbocycles. The van der Waals surface area contributed by atoms with Gasteiger partial charge >= 0.3 is 0 Å². The number of anilines is 1. The third kappa shape index (κ3) is 4.32. The van der Waals surface area contributed by atoms with Gasteiger partial charge in [0.15, 0.2) is 0 Å². The standard InChI is InChI=1S/C17H21ClN4O4S/c1-12-17(27(24,25)21-7-9-26-10-8-21)13(2)22(20-12)11-16(23)19-15-5-3-14(18)4-6-15/h3-6H,7-11H2,1-2H3,(H,19,23). The predicted molar refractivity (Wildman–Crippen MR) is 101 cm³/mol. The van der Waals surface area contributed by atoms with Crippen LogP contribution in [0.5, 0.6) is 0 Å². The average molecular weight is 413 g/mol. The quantitative estimate of drug-likeness (QED) is 0.808. The van der Waals surface area contributed by atoms with E-state index < -0.39 is 10.0 Å². The molecule has 3 rings (SSSR count). The molecule has 1 aromatic carbocycles. The number of benzene rings is 1. The number of sulfonamides is 1. The van der Waals surface area contributed by atoms with E-state index in [0.29, 0.717) is 48.4 Å². The maximum absolute atomic E-state index is 13.0. The molecule has 1 aliphatic rings. The zero-order valence-electron chi connectivity index (χ0n) is 15.1. The van der Waals surface area contributed by atoms with Crippen LogP contribution in [0.1, 0.15) is 11.4 Å². The van der Waals surface area contributed by atoms with Crippen LogP contribution < -0.4 is 5.32 Å². The van der Waals surface area contributed by atoms with Crippen molar-refractivity contribution in [3.05, 3.63) is 40.7 Å². The summed E-state index contributed by atoms with van der Waals surface area (Å²) in [6.45, 7) is 4.56. The Morgan fingerprint density at radius 1 is 1.22 bits per heavy atom. The van der Waals surface area contributed by atoms with Gasteiger partial charge in [-0.1, -0.05) is 11.6 Å². The minimum Gasteiger partial charge on any atom is -0.379 e. The van der Waals surface area contributed by atoms with E-state index in [2.05, 4.69) is 10.4 Å². The van der Waals surface area contributed by atoms with E-state index in [0.717, 1.165) is 0 Å². The summed E-state index contributed by atoms with van der Waals surface area (Å²) in [6, 6.07) is 6.73. The molecule has 0 bridgehead atoms. The molecule has 2 heterocycles. The molecule has 2 aromatic rings. The van der Waals surface area contributed by atoms with Gasteiger partial charge in [-0.2, -0.15) is 9.40 Å². The molecule has 27 heavy (non-hydrogen) atoms. The van der Waals surface area contributed by atoms with Crippen molar-refractivity contribution in [1.82, 2.24) is 14.1 Å². The van der Waals surface area contributed by atoms with Gasteiger partial charge in [-0.15, -0.1) is 0 Å². The summed E-state index contributed by atoms with van der Waals surface area (Å²) in [5.74, 6) is -0.307. The Bertz CT molecular complexity index is 935. The number of nitrogens with one attached hydrogen (secondary N) is 1. The minimum absolute atomic E-state index is 0.0894. The number of ether oxygens (including phenoxy) is 1. The molecule has 10 heteroatoms. The molecule has 1 N–H and O–H groups in total. The van der Waals surface area contributed by atoms with Crippen molar-refractivity contribution >= 4 is 33.2 Å². The molecule has 1 amide bonds. The first-order valence-electron chi connectivity index (χ1n) is 8.46. The van der Waals surface area contributed by atoms with Gasteiger partial charge in [-0.25, -0.2) is 8.42 Å². The lowest BCUT2D eigenvalue weighted by Gasteiger charge is -2.26. The molecule has 1 aliphatic heterocycles. The Morgan fingerprint density at radius 3 is 2.48 bits per heavy atom. The summed E-state index contributed by atoms with van der Waals surface area (Å²) in [5, 5.41) is 7.58. The van der Waals surface area contributed by atoms with Gasteiger partial charge in [0, 0.05) is 23.8 Å². The van der Waals surface area contributed by atoms with Crippen LogP contribution in [0.3, 0.4) is 0 Å². The minimum atomic E-state index is -3.68. The van der Waals surface area contributed by atoms with Gasteiger partial charge in [-0.3, -0.25) is 9.48 Å². The van der Waals surface area contributed by atoms with Gasteiger partial charge in [0.1, 0.15) is 11.4 Å². The second-order valence-electron chi connectivity index (χ2n) is 6.23. The van der Waals surface area contributed by atoms with Crippen molar-refractivity contribution in [2.24, 2.45) is 0 Å². The largest absolute Gasteiger partial charge is 0.379 e. The number of nitrogens with zero attached hydrogens (tertiary/aromatic N) is 3. The van der Waals surface area contributed by atoms with Crippen molar-refractivity contribution in [1.29, 1.82) is 0 Å². The summed E-state index contributed by atoms with van der Waals surface area (Å²) < 4.78 is 33.9. The second-order valence-corrected chi connectivity index (χ2v) is 8.54. The molecule has 0 radical (unpaired) electrons. The predicted octanol–water partition coefficient (Wildman–Crippen LogP) is 1.81. The Labute approximate surface area is 163 Å². The lowest BCUT2D eigenvalue weighted by atomic mass is 10.3. The van der Waals surface area contributed by atoms with Crippen molar-refractivity contribution in [2.45, 2.75) is 25.3 Å². The molecule has 8 nitrogen and oxygen atoms in total. The number of halogens is 1. The normalized spacial score (nSPS) is 15.7. The molecule has 1 saturated heterocycles. The zero-order chi connectivity index (χ0) is 19.6. The maximum atomic E-state index is 13.0. The Morgan fingerprint density at radius 2 is 1.85 bits per heavy atom. The number of aryl methyl sites for hydroxylation is 1. The molecule has 0 atom stereocenters. The third-order valence-electron chi connectivity index (χ3n) is 4.30. The van der Waals surface area contributed by atoms with Crippen LogP contribution in [0.4, 0.5) is 5.69 Å². The van der Waals surface area contributed by atoms with Crippen molar-refractivity contribution in [2.75, 3.05) is 31.6 Å². The number of aromatic nitrogens is 2. The number of rotatable bonds is 5. The summed E-state index contributed by atoms with van der Waals surface area (Å²) in [7, 11) is -3.68. The van der Waals surface area contributed by atoms with Crippen molar-refractivity contribution < 1.29 is 17.9 Å². The molecule has 1 fully saturated rings. The molecule has 0 unspecified atom stereocenters. The maximum Gasteiger partial charge on any atom is 0.246 e. The van der Waals surface area contributed by atoms with E-state index in [1.54, 1.807) is 38.1 Å². The zero-order valence-corrected chi connectivity index (χ0v) is 16.7. The van der Waals surface area contributed by atoms with E-state index in [-0.39, 0.29) is 17.3 Å². The number of carbonyl (C=O) groups is 1. The average Bonchev–Trinajstić information content (AvgIpc) is 2.91. The van der Waals surface area contributed by atoms with Crippen LogP contribution in [-0.4, -0.2) is 54.7 Å². The van der Waals surface area contributed by atoms with Gasteiger partial charge < -0.3 is 10.1 Å². The number of morpholine rings is 1. The first-order valence-corrected chi connectivity index (χ1v) is 10.3. The monoisotopic (exact) mass is 412 g/mol. The number of carbonyl (C=O) groups excluding carboxylic acids is 1. The van der Waals surface area contributed by atoms with E-state index in [9.17, 15) is 13.2 Å². The highest BCUT2D eigenvalue weighted by molar-refractivity contribution is 7.89. The molecule has 0 spiro atoms. The Hall–Kier alpha value is -1.94. The third-order valence-corrected chi connectivity index (χ3v) is 6.71. The van der Waals surface area contributed by atoms with Crippen molar-refractivity contribution in [3.8, 4) is 0 Å². The number of hydrogen-bond acceptors (Lipinski definition) is 5. The van der Waals surface area contributed by atoms with Crippen molar-refractivity contribution in [3.63, 3.8) is 0 Å². The fourth-order valence-corrected chi connectivity index (χ4v) is 4.90. The highest BCUT2D eigenvalue weighted by atomic mass is 35.5. The van der Waals surface area contributed by atoms with Gasteiger partial charge in [0.25, 0.3) is 0 Å². The summed E-state index contributed by atoms with van der Waals surface area (Å²) in [5.41, 5.74) is 1.41.